The number of fused-ring (bicyclic) bond motifs is 1. The standard InChI is InChI=1S/C15H13N3O2/c1-18(14(19)16-11-7-3-2-4-8-11)15-17-12-9-5-6-10-13(12)20-15/h2-10H,1H3,(H,16,19). The van der Waals surface area contributed by atoms with Gasteiger partial charge in [0.15, 0.2) is 5.58 Å². The van der Waals surface area contributed by atoms with Gasteiger partial charge in [0, 0.05) is 12.7 Å². The van der Waals surface area contributed by atoms with E-state index in [1.54, 1.807) is 7.05 Å². The van der Waals surface area contributed by atoms with Crippen LogP contribution in [-0.2, 0) is 0 Å². The monoisotopic (exact) mass is 267 g/mol. The fourth-order valence-electron chi connectivity index (χ4n) is 1.82. The number of carbonyl (C=O) groups excluding carboxylic acids is 1. The molecule has 0 saturated heterocycles. The number of nitrogens with one attached hydrogen (secondary N) is 1. The lowest BCUT2D eigenvalue weighted by molar-refractivity contribution is 0.257. The van der Waals surface area contributed by atoms with Crippen LogP contribution in [0.1, 0.15) is 0 Å². The number of amides is 2. The van der Waals surface area contributed by atoms with Gasteiger partial charge in [-0.15, -0.1) is 0 Å². The van der Waals surface area contributed by atoms with Crippen LogP contribution in [0, 0.1) is 0 Å². The second-order valence-electron chi connectivity index (χ2n) is 4.32. The number of hydrogen-bond acceptors (Lipinski definition) is 3. The van der Waals surface area contributed by atoms with Crippen LogP contribution in [-0.4, -0.2) is 18.1 Å². The highest BCUT2D eigenvalue weighted by Crippen LogP contribution is 2.21. The van der Waals surface area contributed by atoms with Gasteiger partial charge in [-0.3, -0.25) is 4.90 Å². The zero-order chi connectivity index (χ0) is 13.9. The van der Waals surface area contributed by atoms with E-state index in [1.165, 1.54) is 4.90 Å². The summed E-state index contributed by atoms with van der Waals surface area (Å²) < 4.78 is 5.54. The van der Waals surface area contributed by atoms with Crippen molar-refractivity contribution in [2.75, 3.05) is 17.3 Å². The van der Waals surface area contributed by atoms with Gasteiger partial charge >= 0.3 is 12.0 Å². The van der Waals surface area contributed by atoms with Crippen molar-refractivity contribution in [2.45, 2.75) is 0 Å². The van der Waals surface area contributed by atoms with Crippen LogP contribution in [0.25, 0.3) is 11.1 Å². The second-order valence-corrected chi connectivity index (χ2v) is 4.32. The molecular weight excluding hydrogens is 254 g/mol. The SMILES string of the molecule is CN(C(=O)Nc1ccccc1)c1nc2ccccc2o1. The molecule has 0 unspecified atom stereocenters. The molecule has 0 saturated carbocycles. The largest absolute Gasteiger partial charge is 0.423 e. The Kier molecular flexibility index (Phi) is 3.09. The zero-order valence-corrected chi connectivity index (χ0v) is 10.9. The summed E-state index contributed by atoms with van der Waals surface area (Å²) >= 11 is 0. The molecule has 0 bridgehead atoms. The molecule has 0 spiro atoms. The molecule has 1 aromatic heterocycles. The van der Waals surface area contributed by atoms with E-state index >= 15 is 0 Å². The lowest BCUT2D eigenvalue weighted by Crippen LogP contribution is -2.31. The zero-order valence-electron chi connectivity index (χ0n) is 10.9. The molecule has 3 rings (SSSR count). The first kappa shape index (κ1) is 12.2. The number of hydrogen-bond donors (Lipinski definition) is 1. The Morgan fingerprint density at radius 1 is 1.10 bits per heavy atom. The van der Waals surface area contributed by atoms with E-state index < -0.39 is 0 Å². The van der Waals surface area contributed by atoms with Gasteiger partial charge < -0.3 is 9.73 Å². The average molecular weight is 267 g/mol. The molecule has 5 nitrogen and oxygen atoms in total. The van der Waals surface area contributed by atoms with Gasteiger partial charge in [-0.2, -0.15) is 4.98 Å². The van der Waals surface area contributed by atoms with Crippen LogP contribution in [0.3, 0.4) is 0 Å². The fourth-order valence-corrected chi connectivity index (χ4v) is 1.82. The molecule has 1 heterocycles. The fraction of sp³-hybridized carbons (Fsp3) is 0.0667. The van der Waals surface area contributed by atoms with Crippen molar-refractivity contribution in [3.8, 4) is 0 Å². The van der Waals surface area contributed by atoms with Crippen LogP contribution in [0.4, 0.5) is 16.5 Å². The molecule has 3 aromatic rings. The third-order valence-corrected chi connectivity index (χ3v) is 2.90. The van der Waals surface area contributed by atoms with Crippen LogP contribution in [0.5, 0.6) is 0 Å². The normalized spacial score (nSPS) is 10.4. The molecule has 100 valence electrons. The number of oxazole rings is 1. The summed E-state index contributed by atoms with van der Waals surface area (Å²) in [4.78, 5) is 17.7. The lowest BCUT2D eigenvalue weighted by Gasteiger charge is -2.13. The average Bonchev–Trinajstić information content (AvgIpc) is 2.91. The topological polar surface area (TPSA) is 58.4 Å². The predicted octanol–water partition coefficient (Wildman–Crippen LogP) is 3.50. The molecular formula is C15H13N3O2. The highest BCUT2D eigenvalue weighted by molar-refractivity contribution is 6.00. The summed E-state index contributed by atoms with van der Waals surface area (Å²) in [6.07, 6.45) is 0. The van der Waals surface area contributed by atoms with E-state index in [4.69, 9.17) is 4.42 Å². The molecule has 2 amide bonds. The third kappa shape index (κ3) is 2.33. The smallest absolute Gasteiger partial charge is 0.329 e. The van der Waals surface area contributed by atoms with Gasteiger partial charge in [-0.25, -0.2) is 4.79 Å². The summed E-state index contributed by atoms with van der Waals surface area (Å²) in [6, 6.07) is 16.6. The molecule has 0 fully saturated rings. The van der Waals surface area contributed by atoms with E-state index in [-0.39, 0.29) is 12.0 Å². The quantitative estimate of drug-likeness (QED) is 0.773. The first-order valence-corrected chi connectivity index (χ1v) is 6.19. The number of urea groups is 1. The van der Waals surface area contributed by atoms with Crippen molar-refractivity contribution in [1.82, 2.24) is 4.98 Å². The molecule has 20 heavy (non-hydrogen) atoms. The van der Waals surface area contributed by atoms with Gasteiger partial charge in [0.05, 0.1) is 0 Å². The first-order valence-electron chi connectivity index (χ1n) is 6.19. The highest BCUT2D eigenvalue weighted by atomic mass is 16.4. The van der Waals surface area contributed by atoms with Crippen molar-refractivity contribution >= 4 is 28.8 Å². The molecule has 0 aliphatic carbocycles. The molecule has 5 heteroatoms. The third-order valence-electron chi connectivity index (χ3n) is 2.90. The minimum Gasteiger partial charge on any atom is -0.423 e. The maximum Gasteiger partial charge on any atom is 0.329 e. The summed E-state index contributed by atoms with van der Waals surface area (Å²) in [6.45, 7) is 0. The number of benzene rings is 2. The molecule has 0 atom stereocenters. The maximum atomic E-state index is 12.1. The van der Waals surface area contributed by atoms with Crippen LogP contribution < -0.4 is 10.2 Å². The Hall–Kier alpha value is -2.82. The van der Waals surface area contributed by atoms with E-state index in [2.05, 4.69) is 10.3 Å². The lowest BCUT2D eigenvalue weighted by atomic mass is 10.3. The van der Waals surface area contributed by atoms with Crippen molar-refractivity contribution in [1.29, 1.82) is 0 Å². The first-order chi connectivity index (χ1) is 9.74. The van der Waals surface area contributed by atoms with E-state index in [1.807, 2.05) is 54.6 Å². The molecule has 1 N–H and O–H groups in total. The van der Waals surface area contributed by atoms with Crippen molar-refractivity contribution in [3.63, 3.8) is 0 Å². The molecule has 0 radical (unpaired) electrons. The predicted molar refractivity (Wildman–Crippen MR) is 77.9 cm³/mol. The summed E-state index contributed by atoms with van der Waals surface area (Å²) in [5.41, 5.74) is 2.10. The van der Waals surface area contributed by atoms with E-state index in [9.17, 15) is 4.79 Å². The van der Waals surface area contributed by atoms with Gasteiger partial charge in [-0.1, -0.05) is 30.3 Å². The van der Waals surface area contributed by atoms with Crippen molar-refractivity contribution in [3.05, 3.63) is 54.6 Å². The van der Waals surface area contributed by atoms with E-state index in [0.29, 0.717) is 5.58 Å². The molecule has 0 aliphatic heterocycles. The molecule has 0 aliphatic rings. The Balaban J connectivity index is 1.81. The summed E-state index contributed by atoms with van der Waals surface area (Å²) in [7, 11) is 1.61. The number of para-hydroxylation sites is 3. The maximum absolute atomic E-state index is 12.1. The molecule has 2 aromatic carbocycles. The Morgan fingerprint density at radius 3 is 2.55 bits per heavy atom. The Labute approximate surface area is 115 Å². The minimum absolute atomic E-state index is 0.264. The van der Waals surface area contributed by atoms with Crippen LogP contribution in [0.2, 0.25) is 0 Å². The van der Waals surface area contributed by atoms with Gasteiger partial charge in [0.1, 0.15) is 5.52 Å². The Bertz CT molecular complexity index is 704. The van der Waals surface area contributed by atoms with Gasteiger partial charge in [0.2, 0.25) is 0 Å². The number of aromatic nitrogens is 1. The van der Waals surface area contributed by atoms with Crippen LogP contribution in [0.15, 0.2) is 59.0 Å². The summed E-state index contributed by atoms with van der Waals surface area (Å²) in [5.74, 6) is 0. The van der Waals surface area contributed by atoms with Crippen molar-refractivity contribution in [2.24, 2.45) is 0 Å². The second kappa shape index (κ2) is 5.05. The van der Waals surface area contributed by atoms with Gasteiger partial charge in [-0.05, 0) is 24.3 Å². The van der Waals surface area contributed by atoms with E-state index in [0.717, 1.165) is 11.2 Å². The van der Waals surface area contributed by atoms with Crippen LogP contribution >= 0.6 is 0 Å². The van der Waals surface area contributed by atoms with Crippen molar-refractivity contribution < 1.29 is 9.21 Å². The summed E-state index contributed by atoms with van der Waals surface area (Å²) in [5, 5.41) is 2.77. The number of anilines is 2. The number of nitrogens with zero attached hydrogens (tertiary/aromatic N) is 2. The number of rotatable bonds is 2. The van der Waals surface area contributed by atoms with Gasteiger partial charge in [0.25, 0.3) is 0 Å². The minimum atomic E-state index is -0.303. The highest BCUT2D eigenvalue weighted by Gasteiger charge is 2.16. The number of carbonyl (C=O) groups is 1. The Morgan fingerprint density at radius 2 is 1.80 bits per heavy atom.